The van der Waals surface area contributed by atoms with E-state index >= 15 is 0 Å². The van der Waals surface area contributed by atoms with Gasteiger partial charge in [-0.05, 0) is 42.3 Å². The van der Waals surface area contributed by atoms with E-state index < -0.39 is 10.0 Å². The normalized spacial score (nSPS) is 11.6. The number of benzene rings is 2. The van der Waals surface area contributed by atoms with Gasteiger partial charge in [-0.25, -0.2) is 17.5 Å². The van der Waals surface area contributed by atoms with Crippen LogP contribution in [-0.2, 0) is 28.9 Å². The molecule has 0 aromatic heterocycles. The molecule has 0 heterocycles. The minimum absolute atomic E-state index is 0. The number of nitrogens with zero attached hydrogens (tertiary/aromatic N) is 1. The Bertz CT molecular complexity index is 903. The van der Waals surface area contributed by atoms with Gasteiger partial charge in [0, 0.05) is 20.1 Å². The Kier molecular flexibility index (Phi) is 9.83. The smallest absolute Gasteiger partial charge is 0.215 e. The summed E-state index contributed by atoms with van der Waals surface area (Å²) in [6.45, 7) is 2.71. The van der Waals surface area contributed by atoms with Gasteiger partial charge < -0.3 is 10.6 Å². The highest BCUT2D eigenvalue weighted by Gasteiger charge is 2.08. The average molecular weight is 520 g/mol. The molecule has 0 aliphatic carbocycles. The van der Waals surface area contributed by atoms with Crippen molar-refractivity contribution in [2.75, 3.05) is 14.1 Å². The van der Waals surface area contributed by atoms with E-state index in [-0.39, 0.29) is 35.5 Å². The third-order valence-electron chi connectivity index (χ3n) is 4.07. The monoisotopic (exact) mass is 520 g/mol. The van der Waals surface area contributed by atoms with Gasteiger partial charge in [-0.1, -0.05) is 36.4 Å². The molecular formula is C19H26FIN4O2S. The number of aliphatic imine (C=N–C) groups is 1. The number of hydrogen-bond donors (Lipinski definition) is 3. The molecule has 28 heavy (non-hydrogen) atoms. The van der Waals surface area contributed by atoms with Gasteiger partial charge in [0.1, 0.15) is 5.82 Å². The molecule has 0 bridgehead atoms. The molecule has 0 unspecified atom stereocenters. The summed E-state index contributed by atoms with van der Waals surface area (Å²) in [4.78, 5) is 4.15. The zero-order valence-corrected chi connectivity index (χ0v) is 19.3. The molecular weight excluding hydrogens is 494 g/mol. The first kappa shape index (κ1) is 24.3. The number of hydrogen-bond acceptors (Lipinski definition) is 3. The number of nitrogens with one attached hydrogen (secondary N) is 3. The predicted molar refractivity (Wildman–Crippen MR) is 122 cm³/mol. The van der Waals surface area contributed by atoms with Gasteiger partial charge in [0.25, 0.3) is 0 Å². The summed E-state index contributed by atoms with van der Waals surface area (Å²) in [6, 6.07) is 12.4. The first-order valence-electron chi connectivity index (χ1n) is 8.51. The first-order chi connectivity index (χ1) is 12.8. The number of rotatable bonds is 7. The Morgan fingerprint density at radius 1 is 1.00 bits per heavy atom. The molecule has 2 aromatic rings. The van der Waals surface area contributed by atoms with Crippen molar-refractivity contribution in [3.05, 3.63) is 70.5 Å². The molecule has 0 spiro atoms. The molecule has 9 heteroatoms. The van der Waals surface area contributed by atoms with Crippen molar-refractivity contribution in [3.8, 4) is 0 Å². The molecule has 0 saturated heterocycles. The molecule has 0 radical (unpaired) electrons. The molecule has 0 fully saturated rings. The fourth-order valence-corrected chi connectivity index (χ4v) is 3.16. The maximum atomic E-state index is 13.6. The number of guanidine groups is 1. The summed E-state index contributed by atoms with van der Waals surface area (Å²) in [5.74, 6) is 0.323. The Balaban J connectivity index is 0.00000392. The topological polar surface area (TPSA) is 82.6 Å². The van der Waals surface area contributed by atoms with Crippen LogP contribution in [-0.4, -0.2) is 28.5 Å². The second-order valence-corrected chi connectivity index (χ2v) is 8.07. The number of sulfonamides is 1. The van der Waals surface area contributed by atoms with E-state index in [1.807, 2.05) is 18.2 Å². The second kappa shape index (κ2) is 11.3. The van der Waals surface area contributed by atoms with E-state index in [1.165, 1.54) is 13.1 Å². The number of aryl methyl sites for hydroxylation is 1. The molecule has 3 N–H and O–H groups in total. The van der Waals surface area contributed by atoms with Crippen LogP contribution >= 0.6 is 24.0 Å². The van der Waals surface area contributed by atoms with Gasteiger partial charge in [-0.15, -0.1) is 24.0 Å². The molecule has 0 aliphatic heterocycles. The average Bonchev–Trinajstić information content (AvgIpc) is 2.65. The lowest BCUT2D eigenvalue weighted by Crippen LogP contribution is -2.36. The van der Waals surface area contributed by atoms with Crippen molar-refractivity contribution in [1.29, 1.82) is 0 Å². The van der Waals surface area contributed by atoms with Crippen molar-refractivity contribution in [3.63, 3.8) is 0 Å². The maximum absolute atomic E-state index is 13.6. The quantitative estimate of drug-likeness (QED) is 0.298. The molecule has 6 nitrogen and oxygen atoms in total. The van der Waals surface area contributed by atoms with Gasteiger partial charge in [0.05, 0.1) is 5.75 Å². The van der Waals surface area contributed by atoms with Crippen LogP contribution in [0.25, 0.3) is 0 Å². The van der Waals surface area contributed by atoms with Gasteiger partial charge >= 0.3 is 0 Å². The fourth-order valence-electron chi connectivity index (χ4n) is 2.38. The molecule has 0 aliphatic rings. The minimum Gasteiger partial charge on any atom is -0.352 e. The lowest BCUT2D eigenvalue weighted by molar-refractivity contribution is 0.587. The third-order valence-corrected chi connectivity index (χ3v) is 5.41. The van der Waals surface area contributed by atoms with Crippen molar-refractivity contribution in [2.45, 2.75) is 25.8 Å². The molecule has 2 aromatic carbocycles. The van der Waals surface area contributed by atoms with Crippen molar-refractivity contribution in [1.82, 2.24) is 15.4 Å². The lowest BCUT2D eigenvalue weighted by atomic mass is 10.1. The van der Waals surface area contributed by atoms with Crippen molar-refractivity contribution < 1.29 is 12.8 Å². The maximum Gasteiger partial charge on any atom is 0.215 e. The van der Waals surface area contributed by atoms with Gasteiger partial charge in [-0.2, -0.15) is 0 Å². The van der Waals surface area contributed by atoms with Crippen LogP contribution in [0.1, 0.15) is 22.3 Å². The Morgan fingerprint density at radius 3 is 2.07 bits per heavy atom. The zero-order chi connectivity index (χ0) is 19.9. The molecule has 0 amide bonds. The lowest BCUT2D eigenvalue weighted by Gasteiger charge is -2.13. The predicted octanol–water partition coefficient (Wildman–Crippen LogP) is 2.67. The summed E-state index contributed by atoms with van der Waals surface area (Å²) in [6.07, 6.45) is 0. The zero-order valence-electron chi connectivity index (χ0n) is 16.1. The van der Waals surface area contributed by atoms with E-state index in [2.05, 4.69) is 20.3 Å². The number of halogens is 2. The second-order valence-electron chi connectivity index (χ2n) is 6.14. The summed E-state index contributed by atoms with van der Waals surface area (Å²) < 4.78 is 39.0. The van der Waals surface area contributed by atoms with Crippen LogP contribution in [0, 0.1) is 12.7 Å². The minimum atomic E-state index is -3.28. The van der Waals surface area contributed by atoms with Crippen LogP contribution in [0.5, 0.6) is 0 Å². The first-order valence-corrected chi connectivity index (χ1v) is 10.2. The van der Waals surface area contributed by atoms with Gasteiger partial charge in [-0.3, -0.25) is 4.99 Å². The Labute approximate surface area is 183 Å². The van der Waals surface area contributed by atoms with E-state index in [0.29, 0.717) is 24.6 Å². The van der Waals surface area contributed by atoms with Crippen LogP contribution < -0.4 is 15.4 Å². The van der Waals surface area contributed by atoms with Crippen LogP contribution in [0.2, 0.25) is 0 Å². The highest BCUT2D eigenvalue weighted by atomic mass is 127. The summed E-state index contributed by atoms with van der Waals surface area (Å²) in [7, 11) is -0.213. The highest BCUT2D eigenvalue weighted by Crippen LogP contribution is 2.09. The van der Waals surface area contributed by atoms with E-state index in [0.717, 1.165) is 16.7 Å². The molecule has 2 rings (SSSR count). The molecule has 0 saturated carbocycles. The van der Waals surface area contributed by atoms with Crippen LogP contribution in [0.4, 0.5) is 4.39 Å². The van der Waals surface area contributed by atoms with Crippen LogP contribution in [0.15, 0.2) is 47.5 Å². The van der Waals surface area contributed by atoms with Gasteiger partial charge in [0.2, 0.25) is 10.0 Å². The summed E-state index contributed by atoms with van der Waals surface area (Å²) >= 11 is 0. The van der Waals surface area contributed by atoms with Crippen molar-refractivity contribution >= 4 is 40.0 Å². The van der Waals surface area contributed by atoms with E-state index in [9.17, 15) is 12.8 Å². The fraction of sp³-hybridized carbons (Fsp3) is 0.316. The van der Waals surface area contributed by atoms with E-state index in [4.69, 9.17) is 0 Å². The van der Waals surface area contributed by atoms with Gasteiger partial charge in [0.15, 0.2) is 5.96 Å². The Hall–Kier alpha value is -1.72. The molecule has 154 valence electrons. The summed E-state index contributed by atoms with van der Waals surface area (Å²) in [5, 5.41) is 6.31. The SMILES string of the molecule is CN=C(NCc1ccc(CS(=O)(=O)NC)cc1)NCc1ccc(C)c(F)c1.I. The van der Waals surface area contributed by atoms with E-state index in [1.54, 1.807) is 32.2 Å². The Morgan fingerprint density at radius 2 is 1.54 bits per heavy atom. The third kappa shape index (κ3) is 7.72. The van der Waals surface area contributed by atoms with Crippen molar-refractivity contribution in [2.24, 2.45) is 4.99 Å². The van der Waals surface area contributed by atoms with Crippen LogP contribution in [0.3, 0.4) is 0 Å². The molecule has 0 atom stereocenters. The standard InChI is InChI=1S/C19H25FN4O2S.HI/c1-14-4-5-17(10-18(14)20)12-24-19(21-2)23-11-15-6-8-16(9-7-15)13-27(25,26)22-3;/h4-10,22H,11-13H2,1-3H3,(H2,21,23,24);1H. The largest absolute Gasteiger partial charge is 0.352 e. The summed E-state index contributed by atoms with van der Waals surface area (Å²) in [5.41, 5.74) is 3.16. The highest BCUT2D eigenvalue weighted by molar-refractivity contribution is 14.0.